The fraction of sp³-hybridized carbons (Fsp3) is 0. The van der Waals surface area contributed by atoms with E-state index in [0.29, 0.717) is 0 Å². The van der Waals surface area contributed by atoms with Gasteiger partial charge < -0.3 is 10.2 Å². The maximum Gasteiger partial charge on any atom is 0.337 e. The fourth-order valence-corrected chi connectivity index (χ4v) is 4.08. The van der Waals surface area contributed by atoms with Gasteiger partial charge in [-0.1, -0.05) is 12.1 Å². The van der Waals surface area contributed by atoms with E-state index >= 15 is 0 Å². The minimum Gasteiger partial charge on any atom is -0.478 e. The van der Waals surface area contributed by atoms with Gasteiger partial charge in [-0.2, -0.15) is 16.8 Å². The zero-order valence-electron chi connectivity index (χ0n) is 11.3. The number of carbonyl (C=O) groups is 2. The van der Waals surface area contributed by atoms with Gasteiger partial charge in [0.05, 0.1) is 11.1 Å². The highest BCUT2D eigenvalue weighted by molar-refractivity contribution is 7.89. The molecule has 0 aliphatic heterocycles. The maximum absolute atomic E-state index is 11.5. The van der Waals surface area contributed by atoms with Crippen LogP contribution in [0, 0.1) is 6.07 Å². The van der Waals surface area contributed by atoms with Gasteiger partial charge in [-0.3, -0.25) is 9.11 Å². The molecule has 0 aliphatic rings. The third-order valence-corrected chi connectivity index (χ3v) is 4.83. The second-order valence-electron chi connectivity index (χ2n) is 4.45. The highest BCUT2D eigenvalue weighted by Crippen LogP contribution is 2.34. The highest BCUT2D eigenvalue weighted by atomic mass is 32.2. The van der Waals surface area contributed by atoms with Crippen LogP contribution in [0.5, 0.6) is 0 Å². The number of rotatable bonds is 4. The predicted octanol–water partition coefficient (Wildman–Crippen LogP) is 0.530. The molecule has 2 aromatic carbocycles. The first kappa shape index (κ1) is 17.8. The molecule has 4 N–H and O–H groups in total. The summed E-state index contributed by atoms with van der Waals surface area (Å²) in [5.74, 6) is -3.65. The number of hydrogen-bond donors (Lipinski definition) is 4. The van der Waals surface area contributed by atoms with Crippen molar-refractivity contribution in [2.45, 2.75) is 9.79 Å². The minimum atomic E-state index is -5.47. The van der Waals surface area contributed by atoms with Crippen molar-refractivity contribution in [2.24, 2.45) is 0 Å². The Kier molecular flexibility index (Phi) is 4.10. The van der Waals surface area contributed by atoms with E-state index in [9.17, 15) is 36.1 Å². The number of benzene rings is 2. The van der Waals surface area contributed by atoms with Gasteiger partial charge in [-0.15, -0.1) is 0 Å². The second-order valence-corrected chi connectivity index (χ2v) is 7.16. The summed E-state index contributed by atoms with van der Waals surface area (Å²) in [6.07, 6.45) is 0. The Balaban J connectivity index is 3.33. The van der Waals surface area contributed by atoms with Gasteiger partial charge in [0.1, 0.15) is 9.79 Å². The summed E-state index contributed by atoms with van der Waals surface area (Å²) in [4.78, 5) is 19.6. The van der Waals surface area contributed by atoms with Crippen molar-refractivity contribution in [1.29, 1.82) is 0 Å². The van der Waals surface area contributed by atoms with Crippen LogP contribution >= 0.6 is 0 Å². The van der Waals surface area contributed by atoms with E-state index in [2.05, 4.69) is 0 Å². The van der Waals surface area contributed by atoms with Crippen molar-refractivity contribution in [1.82, 2.24) is 0 Å². The molecule has 0 aromatic heterocycles. The van der Waals surface area contributed by atoms with Crippen molar-refractivity contribution in [2.75, 3.05) is 0 Å². The Morgan fingerprint density at radius 2 is 1.50 bits per heavy atom. The van der Waals surface area contributed by atoms with Crippen LogP contribution < -0.4 is 0 Å². The number of aromatic carboxylic acids is 2. The zero-order chi connectivity index (χ0) is 18.4. The van der Waals surface area contributed by atoms with Crippen molar-refractivity contribution in [3.63, 3.8) is 0 Å². The lowest BCUT2D eigenvalue weighted by Gasteiger charge is -2.13. The average molecular weight is 375 g/mol. The van der Waals surface area contributed by atoms with Gasteiger partial charge in [0.15, 0.2) is 0 Å². The molecular weight excluding hydrogens is 368 g/mol. The predicted molar refractivity (Wildman–Crippen MR) is 76.3 cm³/mol. The van der Waals surface area contributed by atoms with Crippen LogP contribution in [0.15, 0.2) is 28.0 Å². The Bertz CT molecular complexity index is 1100. The molecule has 0 saturated carbocycles. The SMILES string of the molecule is O=C(O)c1cccc2[c]c(S(=O)(=O)O)c(S(=O)(=O)O)c(C(=O)O)c12. The lowest BCUT2D eigenvalue weighted by molar-refractivity contribution is 0.0692. The zero-order valence-corrected chi connectivity index (χ0v) is 12.9. The van der Waals surface area contributed by atoms with E-state index in [1.165, 1.54) is 0 Å². The molecule has 12 heteroatoms. The molecular formula is C12H7O10S2. The summed E-state index contributed by atoms with van der Waals surface area (Å²) in [5, 5.41) is 17.3. The Labute approximate surface area is 134 Å². The third-order valence-electron chi connectivity index (χ3n) is 2.96. The number of hydrogen-bond acceptors (Lipinski definition) is 6. The van der Waals surface area contributed by atoms with E-state index in [-0.39, 0.29) is 0 Å². The highest BCUT2D eigenvalue weighted by Gasteiger charge is 2.34. The molecule has 10 nitrogen and oxygen atoms in total. The molecule has 0 fully saturated rings. The van der Waals surface area contributed by atoms with Crippen LogP contribution in [0.4, 0.5) is 0 Å². The van der Waals surface area contributed by atoms with E-state index in [1.54, 1.807) is 0 Å². The molecule has 2 aromatic rings. The number of fused-ring (bicyclic) bond motifs is 1. The van der Waals surface area contributed by atoms with Crippen LogP contribution in [-0.2, 0) is 20.2 Å². The first-order chi connectivity index (χ1) is 10.9. The normalized spacial score (nSPS) is 12.2. The molecule has 24 heavy (non-hydrogen) atoms. The first-order valence-corrected chi connectivity index (χ1v) is 8.67. The molecule has 2 rings (SSSR count). The van der Waals surface area contributed by atoms with Gasteiger partial charge in [0.25, 0.3) is 20.2 Å². The molecule has 0 aliphatic carbocycles. The van der Waals surface area contributed by atoms with Gasteiger partial charge >= 0.3 is 11.9 Å². The lowest BCUT2D eigenvalue weighted by Crippen LogP contribution is -2.16. The van der Waals surface area contributed by atoms with E-state index in [1.807, 2.05) is 6.07 Å². The van der Waals surface area contributed by atoms with Crippen LogP contribution in [0.25, 0.3) is 10.8 Å². The first-order valence-electron chi connectivity index (χ1n) is 5.79. The summed E-state index contributed by atoms with van der Waals surface area (Å²) >= 11 is 0. The summed E-state index contributed by atoms with van der Waals surface area (Å²) in [5.41, 5.74) is -1.97. The summed E-state index contributed by atoms with van der Waals surface area (Å²) < 4.78 is 64.1. The molecule has 0 spiro atoms. The van der Waals surface area contributed by atoms with E-state index in [4.69, 9.17) is 9.66 Å². The van der Waals surface area contributed by atoms with Crippen molar-refractivity contribution >= 4 is 42.9 Å². The maximum atomic E-state index is 11.5. The van der Waals surface area contributed by atoms with Gasteiger partial charge in [0.2, 0.25) is 0 Å². The molecule has 0 saturated heterocycles. The lowest BCUT2D eigenvalue weighted by atomic mass is 9.99. The Morgan fingerprint density at radius 1 is 0.917 bits per heavy atom. The van der Waals surface area contributed by atoms with E-state index in [0.717, 1.165) is 18.2 Å². The van der Waals surface area contributed by atoms with Crippen LogP contribution in [0.3, 0.4) is 0 Å². The minimum absolute atomic E-state index is 0.396. The Morgan fingerprint density at radius 3 is 1.92 bits per heavy atom. The fourth-order valence-electron chi connectivity index (χ4n) is 2.14. The molecule has 0 atom stereocenters. The summed E-state index contributed by atoms with van der Waals surface area (Å²) in [6, 6.07) is 5.08. The van der Waals surface area contributed by atoms with E-state index < -0.39 is 63.9 Å². The smallest absolute Gasteiger partial charge is 0.337 e. The van der Waals surface area contributed by atoms with Crippen molar-refractivity contribution in [3.8, 4) is 0 Å². The second kappa shape index (κ2) is 5.52. The Hall–Kier alpha value is -2.54. The molecule has 0 bridgehead atoms. The number of carboxylic acids is 2. The average Bonchev–Trinajstić information content (AvgIpc) is 2.42. The molecule has 0 unspecified atom stereocenters. The largest absolute Gasteiger partial charge is 0.478 e. The van der Waals surface area contributed by atoms with Crippen LogP contribution in [0.1, 0.15) is 20.7 Å². The van der Waals surface area contributed by atoms with Crippen LogP contribution in [0.2, 0.25) is 0 Å². The third kappa shape index (κ3) is 2.94. The van der Waals surface area contributed by atoms with Gasteiger partial charge in [-0.25, -0.2) is 9.59 Å². The molecule has 0 amide bonds. The molecule has 1 radical (unpaired) electrons. The summed E-state index contributed by atoms with van der Waals surface area (Å²) in [6.45, 7) is 0. The van der Waals surface area contributed by atoms with Crippen LogP contribution in [-0.4, -0.2) is 48.1 Å². The quantitative estimate of drug-likeness (QED) is 0.550. The summed E-state index contributed by atoms with van der Waals surface area (Å²) in [7, 11) is -10.8. The number of carboxylic acid groups (broad SMARTS) is 2. The van der Waals surface area contributed by atoms with Gasteiger partial charge in [0, 0.05) is 11.5 Å². The topological polar surface area (TPSA) is 183 Å². The molecule has 127 valence electrons. The van der Waals surface area contributed by atoms with Gasteiger partial charge in [-0.05, 0) is 11.5 Å². The standard InChI is InChI=1S/C12H7O10S2/c13-11(14)6-3-1-2-5-4-7(23(17,18)19)10(24(20,21)22)9(8(5)6)12(15)16/h1-3H,(H,13,14)(H,15,16)(H,17,18,19)(H,20,21,22). The molecule has 0 heterocycles. The monoisotopic (exact) mass is 375 g/mol. The van der Waals surface area contributed by atoms with Crippen molar-refractivity contribution in [3.05, 3.63) is 35.4 Å². The van der Waals surface area contributed by atoms with Crippen molar-refractivity contribution < 1.29 is 45.7 Å².